The summed E-state index contributed by atoms with van der Waals surface area (Å²) in [5.74, 6) is -3.77. The Morgan fingerprint density at radius 2 is 1.91 bits per heavy atom. The van der Waals surface area contributed by atoms with E-state index in [2.05, 4.69) is 0 Å². The van der Waals surface area contributed by atoms with Crippen molar-refractivity contribution in [2.75, 3.05) is 0 Å². The minimum absolute atomic E-state index is 0.0200. The molecule has 0 aromatic heterocycles. The first-order valence-corrected chi connectivity index (χ1v) is 6.70. The molecule has 1 heterocycles. The number of hydrogen-bond acceptors (Lipinski definition) is 4. The van der Waals surface area contributed by atoms with Crippen molar-refractivity contribution in [3.8, 4) is 6.07 Å². The monoisotopic (exact) mass is 342 g/mol. The number of carbonyl (C=O) groups excluding carboxylic acids is 1. The fourth-order valence-corrected chi connectivity index (χ4v) is 2.86. The number of carboxylic acids is 2. The predicted molar refractivity (Wildman–Crippen MR) is 74.7 cm³/mol. The second kappa shape index (κ2) is 5.83. The Kier molecular flexibility index (Phi) is 4.26. The molecule has 1 aromatic carbocycles. The van der Waals surface area contributed by atoms with E-state index in [4.69, 9.17) is 28.3 Å². The molecule has 22 heavy (non-hydrogen) atoms. The summed E-state index contributed by atoms with van der Waals surface area (Å²) in [6.07, 6.45) is -0.845. The maximum atomic E-state index is 12.4. The second-order valence-corrected chi connectivity index (χ2v) is 5.33. The lowest BCUT2D eigenvalue weighted by Gasteiger charge is -2.26. The summed E-state index contributed by atoms with van der Waals surface area (Å²) in [5, 5.41) is 27.4. The van der Waals surface area contributed by atoms with Gasteiger partial charge in [0.15, 0.2) is 0 Å². The average Bonchev–Trinajstić information content (AvgIpc) is 2.73. The Balaban J connectivity index is 2.60. The van der Waals surface area contributed by atoms with Gasteiger partial charge in [0.25, 0.3) is 5.91 Å². The molecular weight excluding hydrogens is 335 g/mol. The molecule has 114 valence electrons. The largest absolute Gasteiger partial charge is 0.481 e. The Labute approximate surface area is 134 Å². The normalized spacial score (nSPS) is 17.8. The van der Waals surface area contributed by atoms with Crippen LogP contribution in [0.2, 0.25) is 10.0 Å². The third kappa shape index (κ3) is 2.47. The lowest BCUT2D eigenvalue weighted by atomic mass is 10.0. The van der Waals surface area contributed by atoms with Gasteiger partial charge in [-0.2, -0.15) is 5.26 Å². The molecule has 0 saturated carbocycles. The van der Waals surface area contributed by atoms with Gasteiger partial charge in [-0.25, -0.2) is 4.79 Å². The van der Waals surface area contributed by atoms with Crippen LogP contribution in [0.4, 0.5) is 0 Å². The van der Waals surface area contributed by atoms with Crippen LogP contribution in [0.3, 0.4) is 0 Å². The molecule has 1 aliphatic heterocycles. The van der Waals surface area contributed by atoms with E-state index < -0.39 is 36.4 Å². The van der Waals surface area contributed by atoms with Gasteiger partial charge < -0.3 is 15.1 Å². The van der Waals surface area contributed by atoms with Crippen molar-refractivity contribution in [2.45, 2.75) is 18.5 Å². The number of fused-ring (bicyclic) bond motifs is 1. The number of halogens is 2. The molecule has 0 spiro atoms. The first kappa shape index (κ1) is 16.1. The van der Waals surface area contributed by atoms with Crippen molar-refractivity contribution in [1.29, 1.82) is 5.26 Å². The lowest BCUT2D eigenvalue weighted by Crippen LogP contribution is -2.44. The van der Waals surface area contributed by atoms with Crippen LogP contribution in [0.1, 0.15) is 28.4 Å². The van der Waals surface area contributed by atoms with Gasteiger partial charge in [0.05, 0.1) is 23.1 Å². The van der Waals surface area contributed by atoms with Gasteiger partial charge in [-0.1, -0.05) is 23.2 Å². The molecule has 0 aliphatic carbocycles. The van der Waals surface area contributed by atoms with E-state index >= 15 is 0 Å². The van der Waals surface area contributed by atoms with Gasteiger partial charge in [-0.15, -0.1) is 0 Å². The first-order chi connectivity index (χ1) is 10.3. The van der Waals surface area contributed by atoms with Crippen LogP contribution in [0, 0.1) is 11.3 Å². The maximum Gasteiger partial charge on any atom is 0.327 e. The van der Waals surface area contributed by atoms with E-state index in [9.17, 15) is 24.8 Å². The number of rotatable bonds is 4. The zero-order valence-corrected chi connectivity index (χ0v) is 12.3. The van der Waals surface area contributed by atoms with E-state index in [0.717, 1.165) is 0 Å². The molecule has 0 bridgehead atoms. The molecule has 0 saturated heterocycles. The summed E-state index contributed by atoms with van der Waals surface area (Å²) in [4.78, 5) is 35.3. The molecule has 2 N–H and O–H groups in total. The molecule has 2 atom stereocenters. The summed E-state index contributed by atoms with van der Waals surface area (Å²) in [7, 11) is 0. The number of hydrogen-bond donors (Lipinski definition) is 2. The van der Waals surface area contributed by atoms with Gasteiger partial charge in [-0.05, 0) is 12.1 Å². The smallest absolute Gasteiger partial charge is 0.327 e. The summed E-state index contributed by atoms with van der Waals surface area (Å²) in [6.45, 7) is 0. The van der Waals surface area contributed by atoms with E-state index in [1.54, 1.807) is 6.07 Å². The van der Waals surface area contributed by atoms with Crippen LogP contribution in [0.25, 0.3) is 0 Å². The van der Waals surface area contributed by atoms with Gasteiger partial charge in [0, 0.05) is 10.6 Å². The van der Waals surface area contributed by atoms with Crippen LogP contribution in [0.5, 0.6) is 0 Å². The number of nitriles is 1. The van der Waals surface area contributed by atoms with E-state index in [1.165, 1.54) is 12.1 Å². The van der Waals surface area contributed by atoms with Gasteiger partial charge in [0.2, 0.25) is 0 Å². The highest BCUT2D eigenvalue weighted by Gasteiger charge is 2.46. The van der Waals surface area contributed by atoms with Crippen LogP contribution in [-0.2, 0) is 9.59 Å². The number of aliphatic carboxylic acids is 2. The summed E-state index contributed by atoms with van der Waals surface area (Å²) in [5.41, 5.74) is 0.0238. The van der Waals surface area contributed by atoms with E-state index in [1.807, 2.05) is 0 Å². The quantitative estimate of drug-likeness (QED) is 0.862. The summed E-state index contributed by atoms with van der Waals surface area (Å²) < 4.78 is 0. The van der Waals surface area contributed by atoms with Crippen molar-refractivity contribution in [3.05, 3.63) is 33.3 Å². The third-order valence-electron chi connectivity index (χ3n) is 3.25. The van der Waals surface area contributed by atoms with Crippen molar-refractivity contribution < 1.29 is 24.6 Å². The zero-order chi connectivity index (χ0) is 16.6. The van der Waals surface area contributed by atoms with Crippen molar-refractivity contribution in [1.82, 2.24) is 4.90 Å². The second-order valence-electron chi connectivity index (χ2n) is 4.51. The zero-order valence-electron chi connectivity index (χ0n) is 10.8. The van der Waals surface area contributed by atoms with Gasteiger partial charge >= 0.3 is 11.9 Å². The average molecular weight is 343 g/mol. The highest BCUT2D eigenvalue weighted by atomic mass is 35.5. The molecule has 1 amide bonds. The summed E-state index contributed by atoms with van der Waals surface area (Å²) >= 11 is 11.9. The highest BCUT2D eigenvalue weighted by Crippen LogP contribution is 2.42. The molecule has 7 nitrogen and oxygen atoms in total. The predicted octanol–water partition coefficient (Wildman–Crippen LogP) is 1.94. The summed E-state index contributed by atoms with van der Waals surface area (Å²) in [6, 6.07) is 1.51. The topological polar surface area (TPSA) is 119 Å². The first-order valence-electron chi connectivity index (χ1n) is 5.94. The van der Waals surface area contributed by atoms with Crippen molar-refractivity contribution in [2.24, 2.45) is 0 Å². The number of amides is 1. The van der Waals surface area contributed by atoms with E-state index in [0.29, 0.717) is 4.90 Å². The van der Waals surface area contributed by atoms with Gasteiger partial charge in [-0.3, -0.25) is 9.59 Å². The van der Waals surface area contributed by atoms with Crippen molar-refractivity contribution in [3.63, 3.8) is 0 Å². The van der Waals surface area contributed by atoms with Crippen LogP contribution in [0.15, 0.2) is 12.1 Å². The Bertz CT molecular complexity index is 728. The van der Waals surface area contributed by atoms with Crippen LogP contribution >= 0.6 is 23.2 Å². The molecule has 0 radical (unpaired) electrons. The maximum absolute atomic E-state index is 12.4. The SMILES string of the molecule is N#CC1c2c(Cl)ccc(Cl)c2C(=O)N1C(CC(=O)O)C(=O)O. The minimum atomic E-state index is -1.70. The number of carboxylic acid groups (broad SMARTS) is 2. The molecule has 9 heteroatoms. The standard InChI is InChI=1S/C13H8Cl2N2O5/c14-5-1-2-6(15)11-10(5)8(4-16)17(12(11)20)7(13(21)22)3-9(18)19/h1-2,7-8H,3H2,(H,18,19)(H,21,22). The Morgan fingerprint density at radius 1 is 1.32 bits per heavy atom. The molecule has 1 aromatic rings. The van der Waals surface area contributed by atoms with Gasteiger partial charge in [0.1, 0.15) is 12.1 Å². The third-order valence-corrected chi connectivity index (χ3v) is 3.90. The number of carbonyl (C=O) groups is 3. The fourth-order valence-electron chi connectivity index (χ4n) is 2.36. The number of benzene rings is 1. The van der Waals surface area contributed by atoms with Crippen LogP contribution < -0.4 is 0 Å². The molecule has 0 fully saturated rings. The molecule has 1 aliphatic rings. The highest BCUT2D eigenvalue weighted by molar-refractivity contribution is 6.37. The lowest BCUT2D eigenvalue weighted by molar-refractivity contribution is -0.149. The van der Waals surface area contributed by atoms with Crippen molar-refractivity contribution >= 4 is 41.0 Å². The molecule has 2 unspecified atom stereocenters. The Morgan fingerprint density at radius 3 is 2.41 bits per heavy atom. The Hall–Kier alpha value is -2.30. The fraction of sp³-hybridized carbons (Fsp3) is 0.231. The number of nitrogens with zero attached hydrogens (tertiary/aromatic N) is 2. The van der Waals surface area contributed by atoms with E-state index in [-0.39, 0.29) is 21.2 Å². The van der Waals surface area contributed by atoms with Crippen LogP contribution in [-0.4, -0.2) is 39.0 Å². The molecular formula is C13H8Cl2N2O5. The molecule has 2 rings (SSSR count). The minimum Gasteiger partial charge on any atom is -0.481 e.